The van der Waals surface area contributed by atoms with Crippen molar-refractivity contribution in [3.63, 3.8) is 0 Å². The number of carbonyl (C=O) groups excluding carboxylic acids is 1. The molecule has 0 saturated carbocycles. The Balaban J connectivity index is 3.11. The molecule has 0 aliphatic heterocycles. The Morgan fingerprint density at radius 3 is 2.67 bits per heavy atom. The van der Waals surface area contributed by atoms with Gasteiger partial charge in [0.05, 0.1) is 6.61 Å². The van der Waals surface area contributed by atoms with Crippen LogP contribution in [0.15, 0.2) is 12.7 Å². The minimum absolute atomic E-state index is 0.325. The van der Waals surface area contributed by atoms with Crippen molar-refractivity contribution in [1.29, 1.82) is 0 Å². The zero-order valence-electron chi connectivity index (χ0n) is 6.90. The zero-order chi connectivity index (χ0) is 9.40. The molecule has 70 valence electrons. The van der Waals surface area contributed by atoms with Crippen LogP contribution in [0.4, 0.5) is 0 Å². The van der Waals surface area contributed by atoms with Crippen molar-refractivity contribution in [1.82, 2.24) is 0 Å². The third kappa shape index (κ3) is 7.45. The number of unbranched alkanes of at least 4 members (excludes halogenated alkanes) is 1. The second kappa shape index (κ2) is 7.02. The first-order valence-corrected chi connectivity index (χ1v) is 5.67. The van der Waals surface area contributed by atoms with Crippen molar-refractivity contribution in [2.24, 2.45) is 0 Å². The summed E-state index contributed by atoms with van der Waals surface area (Å²) in [5, 5.41) is 0. The lowest BCUT2D eigenvalue weighted by atomic mass is 10.4. The molecule has 0 amide bonds. The molecule has 0 bridgehead atoms. The summed E-state index contributed by atoms with van der Waals surface area (Å²) in [5.41, 5.74) is 0. The maximum atomic E-state index is 10.5. The maximum Gasteiger partial charge on any atom is 0.330 e. The Kier molecular flexibility index (Phi) is 6.64. The van der Waals surface area contributed by atoms with Gasteiger partial charge in [0.15, 0.2) is 0 Å². The topological polar surface area (TPSA) is 66.8 Å². The maximum absolute atomic E-state index is 10.5. The Hall–Kier alpha value is -0.653. The summed E-state index contributed by atoms with van der Waals surface area (Å²) in [7, 11) is -2.41. The largest absolute Gasteiger partial charge is 0.463 e. The van der Waals surface area contributed by atoms with Crippen molar-refractivity contribution in [2.75, 3.05) is 6.61 Å². The zero-order valence-corrected chi connectivity index (χ0v) is 8.06. The highest BCUT2D eigenvalue weighted by atomic mass is 28.3. The summed E-state index contributed by atoms with van der Waals surface area (Å²) in [6.07, 6.45) is 2.47. The van der Waals surface area contributed by atoms with Gasteiger partial charge in [0.1, 0.15) is 0 Å². The fraction of sp³-hybridized carbons (Fsp3) is 0.571. The fourth-order valence-electron chi connectivity index (χ4n) is 0.661. The third-order valence-corrected chi connectivity index (χ3v) is 2.19. The number of hydrogen-bond acceptors (Lipinski definition) is 4. The lowest BCUT2D eigenvalue weighted by molar-refractivity contribution is -0.137. The molecular formula is C7H14O4Si. The van der Waals surface area contributed by atoms with E-state index in [0.29, 0.717) is 25.5 Å². The van der Waals surface area contributed by atoms with E-state index in [4.69, 9.17) is 9.59 Å². The van der Waals surface area contributed by atoms with Crippen LogP contribution in [-0.4, -0.2) is 31.5 Å². The van der Waals surface area contributed by atoms with E-state index in [9.17, 15) is 4.79 Å². The second-order valence-corrected chi connectivity index (χ2v) is 3.89. The highest BCUT2D eigenvalue weighted by Crippen LogP contribution is 1.98. The Labute approximate surface area is 73.3 Å². The first kappa shape index (κ1) is 11.3. The number of carbonyl (C=O) groups is 1. The third-order valence-electron chi connectivity index (χ3n) is 1.27. The smallest absolute Gasteiger partial charge is 0.330 e. The van der Waals surface area contributed by atoms with Crippen molar-refractivity contribution >= 4 is 15.3 Å². The average molecular weight is 190 g/mol. The van der Waals surface area contributed by atoms with Gasteiger partial charge in [0, 0.05) is 6.08 Å². The quantitative estimate of drug-likeness (QED) is 0.261. The van der Waals surface area contributed by atoms with Gasteiger partial charge in [-0.3, -0.25) is 0 Å². The van der Waals surface area contributed by atoms with Crippen LogP contribution < -0.4 is 0 Å². The fourth-order valence-corrected chi connectivity index (χ4v) is 1.31. The molecule has 0 aliphatic carbocycles. The van der Waals surface area contributed by atoms with Gasteiger partial charge >= 0.3 is 15.3 Å². The standard InChI is InChI=1S/C7H14O4Si/c1-2-7(8)11-5-3-4-6-12(9)10/h2,9-10,12H,1,3-6H2. The van der Waals surface area contributed by atoms with Gasteiger partial charge in [-0.15, -0.1) is 0 Å². The highest BCUT2D eigenvalue weighted by Gasteiger charge is 2.01. The second-order valence-electron chi connectivity index (χ2n) is 2.35. The van der Waals surface area contributed by atoms with Crippen molar-refractivity contribution in [2.45, 2.75) is 18.9 Å². The number of hydrogen-bond donors (Lipinski definition) is 2. The van der Waals surface area contributed by atoms with Crippen molar-refractivity contribution < 1.29 is 19.1 Å². The van der Waals surface area contributed by atoms with Crippen LogP contribution >= 0.6 is 0 Å². The minimum Gasteiger partial charge on any atom is -0.463 e. The number of rotatable bonds is 6. The van der Waals surface area contributed by atoms with Crippen LogP contribution in [0.5, 0.6) is 0 Å². The summed E-state index contributed by atoms with van der Waals surface area (Å²) >= 11 is 0. The average Bonchev–Trinajstić information content (AvgIpc) is 2.03. The normalized spacial score (nSPS) is 9.92. The monoisotopic (exact) mass is 190 g/mol. The van der Waals surface area contributed by atoms with Crippen LogP contribution in [0.25, 0.3) is 0 Å². The predicted molar refractivity (Wildman–Crippen MR) is 46.8 cm³/mol. The van der Waals surface area contributed by atoms with E-state index in [0.717, 1.165) is 6.08 Å². The van der Waals surface area contributed by atoms with Crippen molar-refractivity contribution in [3.8, 4) is 0 Å². The lowest BCUT2D eigenvalue weighted by Gasteiger charge is -2.01. The molecule has 0 spiro atoms. The molecule has 0 saturated heterocycles. The van der Waals surface area contributed by atoms with Gasteiger partial charge in [-0.2, -0.15) is 0 Å². The van der Waals surface area contributed by atoms with Crippen LogP contribution in [0.3, 0.4) is 0 Å². The summed E-state index contributed by atoms with van der Waals surface area (Å²) < 4.78 is 4.67. The molecule has 0 radical (unpaired) electrons. The van der Waals surface area contributed by atoms with Gasteiger partial charge in [-0.05, 0) is 18.9 Å². The molecule has 0 rings (SSSR count). The first-order chi connectivity index (χ1) is 5.66. The number of ether oxygens (including phenoxy) is 1. The Morgan fingerprint density at radius 2 is 2.17 bits per heavy atom. The van der Waals surface area contributed by atoms with Gasteiger partial charge in [-0.1, -0.05) is 6.58 Å². The predicted octanol–water partition coefficient (Wildman–Crippen LogP) is -0.299. The molecule has 12 heavy (non-hydrogen) atoms. The molecule has 0 aromatic heterocycles. The molecule has 4 nitrogen and oxygen atoms in total. The summed E-state index contributed by atoms with van der Waals surface area (Å²) in [6.45, 7) is 3.57. The van der Waals surface area contributed by atoms with E-state index >= 15 is 0 Å². The number of esters is 1. The molecule has 0 heterocycles. The van der Waals surface area contributed by atoms with E-state index in [-0.39, 0.29) is 0 Å². The lowest BCUT2D eigenvalue weighted by Crippen LogP contribution is -2.10. The molecule has 0 fully saturated rings. The van der Waals surface area contributed by atoms with E-state index in [2.05, 4.69) is 11.3 Å². The molecule has 0 aliphatic rings. The van der Waals surface area contributed by atoms with Gasteiger partial charge < -0.3 is 14.3 Å². The Bertz CT molecular complexity index is 146. The van der Waals surface area contributed by atoms with E-state index in [1.807, 2.05) is 0 Å². The minimum atomic E-state index is -2.41. The summed E-state index contributed by atoms with van der Waals surface area (Å²) in [6, 6.07) is 0.450. The van der Waals surface area contributed by atoms with E-state index < -0.39 is 15.3 Å². The highest BCUT2D eigenvalue weighted by molar-refractivity contribution is 6.40. The van der Waals surface area contributed by atoms with Gasteiger partial charge in [0.2, 0.25) is 0 Å². The van der Waals surface area contributed by atoms with E-state index in [1.165, 1.54) is 0 Å². The molecule has 5 heteroatoms. The Morgan fingerprint density at radius 1 is 1.50 bits per heavy atom. The molecular weight excluding hydrogens is 176 g/mol. The summed E-state index contributed by atoms with van der Waals surface area (Å²) in [5.74, 6) is -0.434. The molecule has 0 aromatic rings. The first-order valence-electron chi connectivity index (χ1n) is 3.82. The van der Waals surface area contributed by atoms with E-state index in [1.54, 1.807) is 0 Å². The van der Waals surface area contributed by atoms with Crippen LogP contribution in [0.2, 0.25) is 6.04 Å². The molecule has 0 atom stereocenters. The molecule has 0 unspecified atom stereocenters. The molecule has 0 aromatic carbocycles. The van der Waals surface area contributed by atoms with Gasteiger partial charge in [-0.25, -0.2) is 4.79 Å². The van der Waals surface area contributed by atoms with Crippen LogP contribution in [0, 0.1) is 0 Å². The van der Waals surface area contributed by atoms with Crippen LogP contribution in [-0.2, 0) is 9.53 Å². The van der Waals surface area contributed by atoms with Crippen LogP contribution in [0.1, 0.15) is 12.8 Å². The SMILES string of the molecule is C=CC(=O)OCCCC[SiH](O)O. The molecule has 2 N–H and O–H groups in total. The van der Waals surface area contributed by atoms with Crippen molar-refractivity contribution in [3.05, 3.63) is 12.7 Å². The van der Waals surface area contributed by atoms with Gasteiger partial charge in [0.25, 0.3) is 0 Å². The summed E-state index contributed by atoms with van der Waals surface area (Å²) in [4.78, 5) is 27.6.